The monoisotopic (exact) mass is 334 g/mol. The Kier molecular flexibility index (Phi) is 4.84. The molecule has 0 saturated carbocycles. The quantitative estimate of drug-likeness (QED) is 0.615. The Hall–Kier alpha value is -2.68. The van der Waals surface area contributed by atoms with Crippen LogP contribution in [0.15, 0.2) is 54.6 Å². The molecule has 0 fully saturated rings. The van der Waals surface area contributed by atoms with Gasteiger partial charge in [-0.25, -0.2) is 0 Å². The molecule has 0 aromatic heterocycles. The fraction of sp³-hybridized carbons (Fsp3) is 0.273. The van der Waals surface area contributed by atoms with E-state index in [0.717, 1.165) is 11.1 Å². The number of esters is 1. The first-order valence-corrected chi connectivity index (χ1v) is 8.51. The molecule has 2 aromatic carbocycles. The average molecular weight is 334 g/mol. The topological polar surface area (TPSA) is 43.4 Å². The third kappa shape index (κ3) is 3.27. The highest BCUT2D eigenvalue weighted by molar-refractivity contribution is 6.14. The van der Waals surface area contributed by atoms with Crippen molar-refractivity contribution >= 4 is 17.8 Å². The lowest BCUT2D eigenvalue weighted by Crippen LogP contribution is -2.43. The van der Waals surface area contributed by atoms with Crippen molar-refractivity contribution in [3.05, 3.63) is 76.9 Å². The van der Waals surface area contributed by atoms with Crippen molar-refractivity contribution in [2.45, 2.75) is 26.2 Å². The summed E-state index contributed by atoms with van der Waals surface area (Å²) < 4.78 is 5.00. The van der Waals surface area contributed by atoms with Gasteiger partial charge >= 0.3 is 5.97 Å². The first kappa shape index (κ1) is 17.2. The Morgan fingerprint density at radius 1 is 1.16 bits per heavy atom. The minimum atomic E-state index is -1.12. The number of hydrogen-bond acceptors (Lipinski definition) is 3. The van der Waals surface area contributed by atoms with Crippen LogP contribution in [0.25, 0.3) is 6.08 Å². The van der Waals surface area contributed by atoms with Gasteiger partial charge in [-0.15, -0.1) is 0 Å². The highest BCUT2D eigenvalue weighted by atomic mass is 16.5. The third-order valence-corrected chi connectivity index (χ3v) is 4.95. The van der Waals surface area contributed by atoms with E-state index in [1.807, 2.05) is 61.5 Å². The minimum Gasteiger partial charge on any atom is -0.468 e. The normalized spacial score (nSPS) is 19.7. The van der Waals surface area contributed by atoms with Gasteiger partial charge in [-0.1, -0.05) is 66.2 Å². The van der Waals surface area contributed by atoms with Gasteiger partial charge < -0.3 is 4.74 Å². The summed E-state index contributed by atoms with van der Waals surface area (Å²) >= 11 is 0. The molecule has 0 bridgehead atoms. The predicted octanol–water partition coefficient (Wildman–Crippen LogP) is 4.39. The maximum absolute atomic E-state index is 13.1. The standard InChI is InChI=1S/C22H22O3/c1-16-9-11-17(12-10-16)6-5-14-22(21(24)25-2)15-13-18-7-3-4-8-19(18)20(22)23/h3-12H,13-15H2,1-2H3/b6-5-/t22-/m1/s1. The molecule has 0 amide bonds. The molecule has 0 spiro atoms. The summed E-state index contributed by atoms with van der Waals surface area (Å²) in [6.45, 7) is 2.04. The van der Waals surface area contributed by atoms with Gasteiger partial charge in [0.1, 0.15) is 5.41 Å². The molecular weight excluding hydrogens is 312 g/mol. The van der Waals surface area contributed by atoms with Crippen LogP contribution in [0.4, 0.5) is 0 Å². The van der Waals surface area contributed by atoms with E-state index in [-0.39, 0.29) is 5.78 Å². The van der Waals surface area contributed by atoms with Crippen LogP contribution in [-0.2, 0) is 16.0 Å². The van der Waals surface area contributed by atoms with E-state index in [1.165, 1.54) is 12.7 Å². The Morgan fingerprint density at radius 3 is 2.60 bits per heavy atom. The number of fused-ring (bicyclic) bond motifs is 1. The Balaban J connectivity index is 1.89. The van der Waals surface area contributed by atoms with Crippen molar-refractivity contribution in [1.29, 1.82) is 0 Å². The summed E-state index contributed by atoms with van der Waals surface area (Å²) in [5.41, 5.74) is 2.78. The van der Waals surface area contributed by atoms with E-state index < -0.39 is 11.4 Å². The van der Waals surface area contributed by atoms with E-state index in [1.54, 1.807) is 6.07 Å². The van der Waals surface area contributed by atoms with Crippen molar-refractivity contribution in [3.8, 4) is 0 Å². The summed E-state index contributed by atoms with van der Waals surface area (Å²) in [5, 5.41) is 0. The van der Waals surface area contributed by atoms with E-state index in [0.29, 0.717) is 24.8 Å². The number of allylic oxidation sites excluding steroid dienone is 1. The third-order valence-electron chi connectivity index (χ3n) is 4.95. The molecule has 0 saturated heterocycles. The molecule has 0 aliphatic heterocycles. The molecule has 1 aliphatic rings. The largest absolute Gasteiger partial charge is 0.468 e. The maximum atomic E-state index is 13.1. The van der Waals surface area contributed by atoms with Crippen molar-refractivity contribution in [3.63, 3.8) is 0 Å². The molecule has 0 heterocycles. The van der Waals surface area contributed by atoms with Crippen molar-refractivity contribution in [1.82, 2.24) is 0 Å². The molecule has 1 atom stereocenters. The Morgan fingerprint density at radius 2 is 1.88 bits per heavy atom. The number of carbonyl (C=O) groups is 2. The van der Waals surface area contributed by atoms with Crippen LogP contribution in [0.2, 0.25) is 0 Å². The lowest BCUT2D eigenvalue weighted by Gasteiger charge is -2.33. The van der Waals surface area contributed by atoms with Crippen LogP contribution < -0.4 is 0 Å². The van der Waals surface area contributed by atoms with Crippen LogP contribution in [0, 0.1) is 12.3 Å². The number of aryl methyl sites for hydroxylation is 2. The molecule has 3 rings (SSSR count). The highest BCUT2D eigenvalue weighted by Gasteiger charge is 2.48. The maximum Gasteiger partial charge on any atom is 0.320 e. The smallest absolute Gasteiger partial charge is 0.320 e. The lowest BCUT2D eigenvalue weighted by molar-refractivity contribution is -0.150. The van der Waals surface area contributed by atoms with Crippen molar-refractivity contribution in [2.24, 2.45) is 5.41 Å². The second kappa shape index (κ2) is 7.06. The first-order chi connectivity index (χ1) is 12.1. The highest BCUT2D eigenvalue weighted by Crippen LogP contribution is 2.40. The van der Waals surface area contributed by atoms with Crippen LogP contribution in [0.1, 0.15) is 39.9 Å². The number of rotatable bonds is 4. The number of benzene rings is 2. The van der Waals surface area contributed by atoms with Gasteiger partial charge in [0, 0.05) is 5.56 Å². The van der Waals surface area contributed by atoms with Crippen LogP contribution in [0.5, 0.6) is 0 Å². The molecule has 3 heteroatoms. The second-order valence-electron chi connectivity index (χ2n) is 6.58. The first-order valence-electron chi connectivity index (χ1n) is 8.51. The summed E-state index contributed by atoms with van der Waals surface area (Å²) in [6.07, 6.45) is 5.40. The van der Waals surface area contributed by atoms with Crippen LogP contribution in [0.3, 0.4) is 0 Å². The number of hydrogen-bond donors (Lipinski definition) is 0. The minimum absolute atomic E-state index is 0.130. The summed E-state index contributed by atoms with van der Waals surface area (Å²) in [4.78, 5) is 25.6. The van der Waals surface area contributed by atoms with Crippen LogP contribution in [-0.4, -0.2) is 18.9 Å². The van der Waals surface area contributed by atoms with E-state index in [4.69, 9.17) is 4.74 Å². The molecule has 0 N–H and O–H groups in total. The zero-order chi connectivity index (χ0) is 17.9. The zero-order valence-electron chi connectivity index (χ0n) is 14.6. The van der Waals surface area contributed by atoms with Gasteiger partial charge in [0.2, 0.25) is 0 Å². The second-order valence-corrected chi connectivity index (χ2v) is 6.58. The molecule has 2 aromatic rings. The fourth-order valence-corrected chi connectivity index (χ4v) is 3.42. The summed E-state index contributed by atoms with van der Waals surface area (Å²) in [6, 6.07) is 15.6. The van der Waals surface area contributed by atoms with Gasteiger partial charge in [-0.2, -0.15) is 0 Å². The van der Waals surface area contributed by atoms with Gasteiger partial charge in [0.25, 0.3) is 0 Å². The summed E-state index contributed by atoms with van der Waals surface area (Å²) in [5.74, 6) is -0.574. The summed E-state index contributed by atoms with van der Waals surface area (Å²) in [7, 11) is 1.35. The predicted molar refractivity (Wildman–Crippen MR) is 98.4 cm³/mol. The van der Waals surface area contributed by atoms with Crippen molar-refractivity contribution < 1.29 is 14.3 Å². The van der Waals surface area contributed by atoms with E-state index in [9.17, 15) is 9.59 Å². The molecule has 128 valence electrons. The van der Waals surface area contributed by atoms with Gasteiger partial charge in [0.05, 0.1) is 7.11 Å². The zero-order valence-corrected chi connectivity index (χ0v) is 14.6. The van der Waals surface area contributed by atoms with Gasteiger partial charge in [-0.05, 0) is 37.3 Å². The van der Waals surface area contributed by atoms with Gasteiger partial charge in [0.15, 0.2) is 5.78 Å². The number of carbonyl (C=O) groups excluding carboxylic acids is 2. The molecule has 25 heavy (non-hydrogen) atoms. The average Bonchev–Trinajstić information content (AvgIpc) is 2.65. The lowest BCUT2D eigenvalue weighted by atomic mass is 9.68. The van der Waals surface area contributed by atoms with E-state index in [2.05, 4.69) is 0 Å². The molecule has 0 unspecified atom stereocenters. The number of ether oxygens (including phenoxy) is 1. The molecule has 3 nitrogen and oxygen atoms in total. The molecular formula is C22H22O3. The number of methoxy groups -OCH3 is 1. The fourth-order valence-electron chi connectivity index (χ4n) is 3.42. The van der Waals surface area contributed by atoms with Gasteiger partial charge in [-0.3, -0.25) is 9.59 Å². The van der Waals surface area contributed by atoms with E-state index >= 15 is 0 Å². The van der Waals surface area contributed by atoms with Crippen LogP contribution >= 0.6 is 0 Å². The Bertz CT molecular complexity index is 817. The molecule has 0 radical (unpaired) electrons. The van der Waals surface area contributed by atoms with Crippen molar-refractivity contribution in [2.75, 3.05) is 7.11 Å². The number of Topliss-reactive ketones (excluding diaryl/α,β-unsaturated/α-hetero) is 1. The molecule has 1 aliphatic carbocycles. The Labute approximate surface area is 148 Å². The number of ketones is 1. The SMILES string of the molecule is COC(=O)[C@]1(C/C=C\c2ccc(C)cc2)CCc2ccccc2C1=O.